The average molecular weight is 458 g/mol. The van der Waals surface area contributed by atoms with Gasteiger partial charge in [0, 0.05) is 18.2 Å². The number of hydrogen-bond donors (Lipinski definition) is 1. The predicted molar refractivity (Wildman–Crippen MR) is 99.9 cm³/mol. The molecule has 1 saturated heterocycles. The number of benzene rings is 2. The fraction of sp³-hybridized carbons (Fsp3) is 0.300. The summed E-state index contributed by atoms with van der Waals surface area (Å²) in [6, 6.07) is 4.34. The Morgan fingerprint density at radius 3 is 2.71 bits per heavy atom. The lowest BCUT2D eigenvalue weighted by Crippen LogP contribution is -2.52. The van der Waals surface area contributed by atoms with Gasteiger partial charge in [0.1, 0.15) is 23.1 Å². The van der Waals surface area contributed by atoms with E-state index in [1.165, 1.54) is 17.0 Å². The lowest BCUT2D eigenvalue weighted by molar-refractivity contribution is -0.174. The molecule has 0 bridgehead atoms. The number of rotatable bonds is 1. The van der Waals surface area contributed by atoms with Gasteiger partial charge < -0.3 is 15.0 Å². The number of nitrogens with zero attached hydrogens (tertiary/aromatic N) is 2. The number of alkyl halides is 3. The van der Waals surface area contributed by atoms with Crippen LogP contribution >= 0.6 is 11.6 Å². The Morgan fingerprint density at radius 1 is 1.29 bits per heavy atom. The van der Waals surface area contributed by atoms with Crippen LogP contribution in [0.15, 0.2) is 24.3 Å². The number of ether oxygens (including phenoxy) is 1. The molecule has 2 aromatic rings. The largest absolute Gasteiger partial charge is 0.471 e. The molecule has 2 heterocycles. The minimum atomic E-state index is -5.11. The second kappa shape index (κ2) is 7.57. The third kappa shape index (κ3) is 3.53. The maximum Gasteiger partial charge on any atom is 0.471 e. The number of para-hydroxylation sites is 1. The highest BCUT2D eigenvalue weighted by Gasteiger charge is 2.45. The topological polar surface area (TPSA) is 65.4 Å². The zero-order valence-electron chi connectivity index (χ0n) is 15.6. The van der Waals surface area contributed by atoms with E-state index in [9.17, 15) is 32.0 Å². The highest BCUT2D eigenvalue weighted by atomic mass is 35.5. The second-order valence-corrected chi connectivity index (χ2v) is 7.50. The number of carbonyl (C=O) groups excluding carboxylic acids is 1. The van der Waals surface area contributed by atoms with Gasteiger partial charge in [-0.2, -0.15) is 18.4 Å². The number of nitrogens with one attached hydrogen (secondary N) is 1. The predicted octanol–water partition coefficient (Wildman–Crippen LogP) is 4.98. The molecule has 1 fully saturated rings. The van der Waals surface area contributed by atoms with Crippen LogP contribution in [-0.2, 0) is 4.79 Å². The number of nitriles is 1. The summed E-state index contributed by atoms with van der Waals surface area (Å²) in [4.78, 5) is 13.2. The number of fused-ring (bicyclic) bond motifs is 5. The normalized spacial score (nSPS) is 19.8. The van der Waals surface area contributed by atoms with Crippen LogP contribution in [0.3, 0.4) is 0 Å². The molecule has 1 N–H and O–H groups in total. The van der Waals surface area contributed by atoms with E-state index in [1.54, 1.807) is 6.07 Å². The molecule has 4 rings (SSSR count). The zero-order chi connectivity index (χ0) is 22.5. The van der Waals surface area contributed by atoms with Gasteiger partial charge in [-0.3, -0.25) is 4.79 Å². The van der Waals surface area contributed by atoms with Gasteiger partial charge in [0.2, 0.25) is 0 Å². The molecular formula is C20H13ClF5N3O2. The summed E-state index contributed by atoms with van der Waals surface area (Å²) in [7, 11) is 0. The summed E-state index contributed by atoms with van der Waals surface area (Å²) >= 11 is 6.29. The van der Waals surface area contributed by atoms with Crippen molar-refractivity contribution in [2.75, 3.05) is 11.4 Å². The molecule has 2 aliphatic heterocycles. The van der Waals surface area contributed by atoms with Crippen molar-refractivity contribution in [2.24, 2.45) is 0 Å². The lowest BCUT2D eigenvalue weighted by atomic mass is 9.89. The van der Waals surface area contributed by atoms with Gasteiger partial charge in [0.25, 0.3) is 0 Å². The molecule has 0 saturated carbocycles. The van der Waals surface area contributed by atoms with Crippen molar-refractivity contribution in [3.05, 3.63) is 52.0 Å². The molecule has 11 heteroatoms. The standard InChI is InChI=1S/C20H13ClF5N3O2/c21-15-10(8-27)12(23)7-14-17(15)29-6-2-5-13(28-19(30)20(24,25)26)16(29)9-3-1-4-11(22)18(9)31-14/h1,3-4,7,13,16H,2,5-6H2,(H,28,30)/t13?,16-/m1/s1. The second-order valence-electron chi connectivity index (χ2n) is 7.12. The van der Waals surface area contributed by atoms with E-state index in [4.69, 9.17) is 16.3 Å². The van der Waals surface area contributed by atoms with E-state index in [-0.39, 0.29) is 40.7 Å². The Balaban J connectivity index is 1.93. The lowest BCUT2D eigenvalue weighted by Gasteiger charge is -2.42. The molecule has 31 heavy (non-hydrogen) atoms. The molecule has 0 radical (unpaired) electrons. The summed E-state index contributed by atoms with van der Waals surface area (Å²) in [5.74, 6) is -4.44. The summed E-state index contributed by atoms with van der Waals surface area (Å²) in [5, 5.41) is 10.9. The molecule has 0 spiro atoms. The maximum absolute atomic E-state index is 14.6. The van der Waals surface area contributed by atoms with Crippen LogP contribution in [0, 0.1) is 23.0 Å². The van der Waals surface area contributed by atoms with E-state index in [2.05, 4.69) is 0 Å². The van der Waals surface area contributed by atoms with Gasteiger partial charge in [0.15, 0.2) is 17.3 Å². The third-order valence-electron chi connectivity index (χ3n) is 5.29. The van der Waals surface area contributed by atoms with Crippen LogP contribution in [0.1, 0.15) is 30.0 Å². The molecule has 5 nitrogen and oxygen atoms in total. The Labute approximate surface area is 178 Å². The molecule has 2 atom stereocenters. The molecule has 162 valence electrons. The van der Waals surface area contributed by atoms with Crippen molar-refractivity contribution in [2.45, 2.75) is 31.1 Å². The summed E-state index contributed by atoms with van der Waals surface area (Å²) < 4.78 is 73.3. The first-order valence-electron chi connectivity index (χ1n) is 9.16. The summed E-state index contributed by atoms with van der Waals surface area (Å²) in [6.07, 6.45) is -4.60. The smallest absolute Gasteiger partial charge is 0.452 e. The minimum absolute atomic E-state index is 0.0474. The first-order chi connectivity index (χ1) is 14.6. The first-order valence-corrected chi connectivity index (χ1v) is 9.54. The van der Waals surface area contributed by atoms with Gasteiger partial charge in [0.05, 0.1) is 17.1 Å². The Kier molecular flexibility index (Phi) is 5.17. The molecule has 0 aromatic heterocycles. The Morgan fingerprint density at radius 2 is 2.03 bits per heavy atom. The molecule has 1 amide bonds. The van der Waals surface area contributed by atoms with Gasteiger partial charge in [-0.15, -0.1) is 0 Å². The zero-order valence-corrected chi connectivity index (χ0v) is 16.3. The van der Waals surface area contributed by atoms with Crippen molar-refractivity contribution in [1.29, 1.82) is 5.26 Å². The fourth-order valence-corrected chi connectivity index (χ4v) is 4.38. The van der Waals surface area contributed by atoms with Crippen molar-refractivity contribution in [3.8, 4) is 17.6 Å². The fourth-order valence-electron chi connectivity index (χ4n) is 4.04. The molecule has 2 aromatic carbocycles. The number of anilines is 1. The van der Waals surface area contributed by atoms with E-state index in [1.807, 2.05) is 5.32 Å². The summed E-state index contributed by atoms with van der Waals surface area (Å²) in [6.45, 7) is 0.242. The van der Waals surface area contributed by atoms with Crippen LogP contribution in [0.2, 0.25) is 5.02 Å². The van der Waals surface area contributed by atoms with E-state index in [0.717, 1.165) is 12.1 Å². The van der Waals surface area contributed by atoms with Crippen molar-refractivity contribution in [1.82, 2.24) is 5.32 Å². The van der Waals surface area contributed by atoms with Gasteiger partial charge in [-0.25, -0.2) is 8.78 Å². The van der Waals surface area contributed by atoms with E-state index < -0.39 is 41.4 Å². The molecule has 1 unspecified atom stereocenters. The maximum atomic E-state index is 14.6. The monoisotopic (exact) mass is 457 g/mol. The van der Waals surface area contributed by atoms with Crippen molar-refractivity contribution >= 4 is 23.2 Å². The van der Waals surface area contributed by atoms with Crippen molar-refractivity contribution < 1.29 is 31.5 Å². The molecule has 2 aliphatic rings. The van der Waals surface area contributed by atoms with Crippen LogP contribution in [-0.4, -0.2) is 24.7 Å². The van der Waals surface area contributed by atoms with Crippen LogP contribution < -0.4 is 15.0 Å². The third-order valence-corrected chi connectivity index (χ3v) is 5.66. The average Bonchev–Trinajstić information content (AvgIpc) is 2.83. The number of amides is 1. The minimum Gasteiger partial charge on any atom is -0.452 e. The van der Waals surface area contributed by atoms with Crippen molar-refractivity contribution in [3.63, 3.8) is 0 Å². The van der Waals surface area contributed by atoms with Crippen LogP contribution in [0.25, 0.3) is 0 Å². The number of carbonyl (C=O) groups is 1. The number of piperidine rings is 1. The van der Waals surface area contributed by atoms with Crippen LogP contribution in [0.4, 0.5) is 27.6 Å². The summed E-state index contributed by atoms with van der Waals surface area (Å²) in [5.41, 5.74) is -0.264. The number of hydrogen-bond acceptors (Lipinski definition) is 4. The molecular weight excluding hydrogens is 445 g/mol. The van der Waals surface area contributed by atoms with Gasteiger partial charge >= 0.3 is 12.1 Å². The highest BCUT2D eigenvalue weighted by molar-refractivity contribution is 6.35. The SMILES string of the molecule is N#Cc1c(F)cc2c(c1Cl)N1CCCC(NC(=O)C(F)(F)F)[C@H]1c1cccc(F)c1O2. The highest BCUT2D eigenvalue weighted by Crippen LogP contribution is 2.52. The van der Waals surface area contributed by atoms with Crippen LogP contribution in [0.5, 0.6) is 11.5 Å². The Bertz CT molecular complexity index is 1120. The Hall–Kier alpha value is -3.06. The van der Waals surface area contributed by atoms with Gasteiger partial charge in [-0.1, -0.05) is 23.7 Å². The van der Waals surface area contributed by atoms with E-state index in [0.29, 0.717) is 6.42 Å². The van der Waals surface area contributed by atoms with Gasteiger partial charge in [-0.05, 0) is 18.9 Å². The number of halogens is 6. The quantitative estimate of drug-likeness (QED) is 0.613. The molecule has 0 aliphatic carbocycles. The van der Waals surface area contributed by atoms with E-state index >= 15 is 0 Å². The first kappa shape index (κ1) is 21.2.